The Balaban J connectivity index is 2.08. The van der Waals surface area contributed by atoms with E-state index in [9.17, 15) is 0 Å². The van der Waals surface area contributed by atoms with Crippen molar-refractivity contribution in [2.24, 2.45) is 11.1 Å². The van der Waals surface area contributed by atoms with E-state index >= 15 is 0 Å². The lowest BCUT2D eigenvalue weighted by molar-refractivity contribution is 0.280. The first kappa shape index (κ1) is 14.4. The van der Waals surface area contributed by atoms with E-state index in [1.54, 1.807) is 0 Å². The third-order valence-corrected chi connectivity index (χ3v) is 4.35. The Labute approximate surface area is 118 Å². The van der Waals surface area contributed by atoms with Gasteiger partial charge < -0.3 is 10.6 Å². The van der Waals surface area contributed by atoms with Gasteiger partial charge in [0.1, 0.15) is 0 Å². The SMILES string of the molecule is Cc1cc(N2CCC(C)(C)CC2)ccc1CC(C)N. The Hall–Kier alpha value is -1.02. The minimum atomic E-state index is 0.236. The number of hydrogen-bond donors (Lipinski definition) is 1. The van der Waals surface area contributed by atoms with Gasteiger partial charge in [0, 0.05) is 24.8 Å². The molecule has 2 N–H and O–H groups in total. The first-order valence-corrected chi connectivity index (χ1v) is 7.47. The van der Waals surface area contributed by atoms with Crippen molar-refractivity contribution in [3.63, 3.8) is 0 Å². The van der Waals surface area contributed by atoms with Gasteiger partial charge in [-0.05, 0) is 61.8 Å². The van der Waals surface area contributed by atoms with E-state index in [1.807, 2.05) is 0 Å². The van der Waals surface area contributed by atoms with Crippen molar-refractivity contribution in [3.05, 3.63) is 29.3 Å². The van der Waals surface area contributed by atoms with Crippen molar-refractivity contribution in [1.29, 1.82) is 0 Å². The van der Waals surface area contributed by atoms with Gasteiger partial charge in [0.15, 0.2) is 0 Å². The molecule has 1 aliphatic rings. The molecule has 19 heavy (non-hydrogen) atoms. The summed E-state index contributed by atoms with van der Waals surface area (Å²) in [4.78, 5) is 2.52. The number of benzene rings is 1. The highest BCUT2D eigenvalue weighted by Crippen LogP contribution is 2.32. The van der Waals surface area contributed by atoms with Crippen LogP contribution < -0.4 is 10.6 Å². The van der Waals surface area contributed by atoms with Gasteiger partial charge in [-0.15, -0.1) is 0 Å². The fourth-order valence-corrected chi connectivity index (χ4v) is 2.82. The van der Waals surface area contributed by atoms with Gasteiger partial charge in [-0.25, -0.2) is 0 Å². The number of nitrogens with zero attached hydrogens (tertiary/aromatic N) is 1. The zero-order chi connectivity index (χ0) is 14.0. The quantitative estimate of drug-likeness (QED) is 0.901. The van der Waals surface area contributed by atoms with E-state index in [0.717, 1.165) is 6.42 Å². The van der Waals surface area contributed by atoms with E-state index in [0.29, 0.717) is 5.41 Å². The van der Waals surface area contributed by atoms with Crippen LogP contribution in [0.3, 0.4) is 0 Å². The lowest BCUT2D eigenvalue weighted by atomic mass is 9.82. The maximum atomic E-state index is 5.89. The van der Waals surface area contributed by atoms with E-state index in [2.05, 4.69) is 50.8 Å². The Morgan fingerprint density at radius 2 is 1.89 bits per heavy atom. The molecule has 0 amide bonds. The van der Waals surface area contributed by atoms with Gasteiger partial charge in [-0.3, -0.25) is 0 Å². The van der Waals surface area contributed by atoms with Crippen LogP contribution in [0, 0.1) is 12.3 Å². The Morgan fingerprint density at radius 1 is 1.26 bits per heavy atom. The van der Waals surface area contributed by atoms with Crippen molar-refractivity contribution in [1.82, 2.24) is 0 Å². The standard InChI is InChI=1S/C17H28N2/c1-13-11-16(6-5-15(13)12-14(2)18)19-9-7-17(3,4)8-10-19/h5-6,11,14H,7-10,12,18H2,1-4H3. The summed E-state index contributed by atoms with van der Waals surface area (Å²) in [6, 6.07) is 7.09. The van der Waals surface area contributed by atoms with Crippen molar-refractivity contribution in [3.8, 4) is 0 Å². The highest BCUT2D eigenvalue weighted by Gasteiger charge is 2.25. The van der Waals surface area contributed by atoms with Crippen LogP contribution in [-0.4, -0.2) is 19.1 Å². The molecule has 0 saturated carbocycles. The van der Waals surface area contributed by atoms with Crippen molar-refractivity contribution < 1.29 is 0 Å². The number of rotatable bonds is 3. The molecule has 0 aliphatic carbocycles. The number of hydrogen-bond acceptors (Lipinski definition) is 2. The minimum Gasteiger partial charge on any atom is -0.371 e. The summed E-state index contributed by atoms with van der Waals surface area (Å²) in [5.41, 5.74) is 10.5. The van der Waals surface area contributed by atoms with Gasteiger partial charge >= 0.3 is 0 Å². The molecule has 1 aromatic rings. The van der Waals surface area contributed by atoms with Crippen LogP contribution in [0.5, 0.6) is 0 Å². The summed E-state index contributed by atoms with van der Waals surface area (Å²) >= 11 is 0. The smallest absolute Gasteiger partial charge is 0.0369 e. The average Bonchev–Trinajstić information content (AvgIpc) is 2.31. The molecule has 0 spiro atoms. The van der Waals surface area contributed by atoms with Gasteiger partial charge in [0.25, 0.3) is 0 Å². The molecule has 1 aromatic carbocycles. The molecule has 0 aromatic heterocycles. The second-order valence-electron chi connectivity index (χ2n) is 6.94. The second-order valence-corrected chi connectivity index (χ2v) is 6.94. The molecule has 2 heteroatoms. The normalized spacial score (nSPS) is 20.4. The largest absolute Gasteiger partial charge is 0.371 e. The molecule has 1 fully saturated rings. The van der Waals surface area contributed by atoms with Gasteiger partial charge in [-0.1, -0.05) is 19.9 Å². The minimum absolute atomic E-state index is 0.236. The molecule has 106 valence electrons. The van der Waals surface area contributed by atoms with Gasteiger partial charge in [0.2, 0.25) is 0 Å². The van der Waals surface area contributed by atoms with Crippen molar-refractivity contribution in [2.45, 2.75) is 53.0 Å². The van der Waals surface area contributed by atoms with Crippen LogP contribution in [0.4, 0.5) is 5.69 Å². The maximum absolute atomic E-state index is 5.89. The summed E-state index contributed by atoms with van der Waals surface area (Å²) in [5.74, 6) is 0. The maximum Gasteiger partial charge on any atom is 0.0369 e. The van der Waals surface area contributed by atoms with Crippen LogP contribution in [0.25, 0.3) is 0 Å². The molecule has 1 atom stereocenters. The average molecular weight is 260 g/mol. The highest BCUT2D eigenvalue weighted by molar-refractivity contribution is 5.51. The third-order valence-electron chi connectivity index (χ3n) is 4.35. The molecule has 1 aliphatic heterocycles. The third kappa shape index (κ3) is 3.73. The van der Waals surface area contributed by atoms with E-state index in [-0.39, 0.29) is 6.04 Å². The molecule has 1 saturated heterocycles. The fraction of sp³-hybridized carbons (Fsp3) is 0.647. The zero-order valence-electron chi connectivity index (χ0n) is 12.9. The highest BCUT2D eigenvalue weighted by atomic mass is 15.1. The molecular formula is C17H28N2. The monoisotopic (exact) mass is 260 g/mol. The van der Waals surface area contributed by atoms with Crippen LogP contribution in [-0.2, 0) is 6.42 Å². The molecule has 1 unspecified atom stereocenters. The van der Waals surface area contributed by atoms with Gasteiger partial charge in [-0.2, -0.15) is 0 Å². The molecule has 1 heterocycles. The van der Waals surface area contributed by atoms with Crippen LogP contribution in [0.15, 0.2) is 18.2 Å². The molecule has 0 bridgehead atoms. The van der Waals surface area contributed by atoms with Crippen LogP contribution >= 0.6 is 0 Å². The predicted octanol–water partition coefficient (Wildman–Crippen LogP) is 3.51. The zero-order valence-corrected chi connectivity index (χ0v) is 12.9. The van der Waals surface area contributed by atoms with Crippen molar-refractivity contribution in [2.75, 3.05) is 18.0 Å². The Morgan fingerprint density at radius 3 is 2.42 bits per heavy atom. The lowest BCUT2D eigenvalue weighted by Crippen LogP contribution is -2.37. The van der Waals surface area contributed by atoms with E-state index in [1.165, 1.54) is 42.7 Å². The number of piperidine rings is 1. The van der Waals surface area contributed by atoms with Crippen LogP contribution in [0.2, 0.25) is 0 Å². The van der Waals surface area contributed by atoms with Crippen molar-refractivity contribution >= 4 is 5.69 Å². The molecule has 2 rings (SSSR count). The summed E-state index contributed by atoms with van der Waals surface area (Å²) in [6.07, 6.45) is 3.54. The first-order valence-electron chi connectivity index (χ1n) is 7.47. The predicted molar refractivity (Wildman–Crippen MR) is 83.8 cm³/mol. The summed E-state index contributed by atoms with van der Waals surface area (Å²) < 4.78 is 0. The Kier molecular flexibility index (Phi) is 4.19. The van der Waals surface area contributed by atoms with E-state index in [4.69, 9.17) is 5.73 Å². The molecule has 2 nitrogen and oxygen atoms in total. The second kappa shape index (κ2) is 5.54. The van der Waals surface area contributed by atoms with Crippen LogP contribution in [0.1, 0.15) is 44.7 Å². The molecule has 0 radical (unpaired) electrons. The lowest BCUT2D eigenvalue weighted by Gasteiger charge is -2.38. The Bertz CT molecular complexity index is 425. The molecular weight excluding hydrogens is 232 g/mol. The summed E-state index contributed by atoms with van der Waals surface area (Å²) in [5, 5.41) is 0. The van der Waals surface area contributed by atoms with Gasteiger partial charge in [0.05, 0.1) is 0 Å². The fourth-order valence-electron chi connectivity index (χ4n) is 2.82. The number of anilines is 1. The topological polar surface area (TPSA) is 29.3 Å². The summed E-state index contributed by atoms with van der Waals surface area (Å²) in [7, 11) is 0. The summed E-state index contributed by atoms with van der Waals surface area (Å²) in [6.45, 7) is 11.4. The van der Waals surface area contributed by atoms with E-state index < -0.39 is 0 Å². The number of aryl methyl sites for hydroxylation is 1. The first-order chi connectivity index (χ1) is 8.87. The number of nitrogens with two attached hydrogens (primary N) is 1.